The smallest absolute Gasteiger partial charge is 0.219 e. The van der Waals surface area contributed by atoms with Crippen LogP contribution in [0.15, 0.2) is 48.5 Å². The van der Waals surface area contributed by atoms with E-state index in [4.69, 9.17) is 9.72 Å². The lowest BCUT2D eigenvalue weighted by atomic mass is 10.2. The molecule has 1 amide bonds. The fourth-order valence-electron chi connectivity index (χ4n) is 3.12. The van der Waals surface area contributed by atoms with Crippen LogP contribution in [-0.4, -0.2) is 28.6 Å². The van der Waals surface area contributed by atoms with Gasteiger partial charge in [0.2, 0.25) is 5.91 Å². The number of aryl methyl sites for hydroxylation is 2. The number of fused-ring (bicyclic) bond motifs is 1. The van der Waals surface area contributed by atoms with E-state index in [-0.39, 0.29) is 5.91 Å². The van der Waals surface area contributed by atoms with Gasteiger partial charge >= 0.3 is 0 Å². The highest BCUT2D eigenvalue weighted by atomic mass is 16.5. The highest BCUT2D eigenvalue weighted by molar-refractivity contribution is 5.76. The maximum absolute atomic E-state index is 11.4. The van der Waals surface area contributed by atoms with E-state index in [1.807, 2.05) is 43.3 Å². The maximum atomic E-state index is 11.4. The minimum absolute atomic E-state index is 0.0926. The van der Waals surface area contributed by atoms with Crippen molar-refractivity contribution in [2.45, 2.75) is 39.7 Å². The normalized spacial score (nSPS) is 10.9. The molecule has 3 rings (SSSR count). The zero-order valence-corrected chi connectivity index (χ0v) is 16.1. The summed E-state index contributed by atoms with van der Waals surface area (Å²) in [6, 6.07) is 16.3. The molecule has 0 atom stereocenters. The Morgan fingerprint density at radius 2 is 2.04 bits per heavy atom. The molecule has 1 heterocycles. The average molecular weight is 365 g/mol. The van der Waals surface area contributed by atoms with E-state index in [1.165, 1.54) is 5.56 Å². The molecule has 0 aliphatic heterocycles. The van der Waals surface area contributed by atoms with Crippen LogP contribution in [0, 0.1) is 6.92 Å². The summed E-state index contributed by atoms with van der Waals surface area (Å²) in [5, 5.41) is 2.93. The fourth-order valence-corrected chi connectivity index (χ4v) is 3.12. The van der Waals surface area contributed by atoms with Gasteiger partial charge < -0.3 is 14.6 Å². The lowest BCUT2D eigenvalue weighted by Gasteiger charge is -2.11. The Balaban J connectivity index is 1.65. The fraction of sp³-hybridized carbons (Fsp3) is 0.364. The molecule has 3 aromatic rings. The first-order valence-corrected chi connectivity index (χ1v) is 9.57. The lowest BCUT2D eigenvalue weighted by molar-refractivity contribution is -0.120. The molecule has 1 aromatic heterocycles. The zero-order chi connectivity index (χ0) is 19.1. The topological polar surface area (TPSA) is 56.2 Å². The molecule has 27 heavy (non-hydrogen) atoms. The SMILES string of the molecule is CCC(=O)NCCCc1nc2ccccc2n1CCOc1cccc(C)c1. The molecule has 0 saturated heterocycles. The van der Waals surface area contributed by atoms with Crippen molar-refractivity contribution in [3.05, 3.63) is 59.9 Å². The van der Waals surface area contributed by atoms with Gasteiger partial charge in [0.25, 0.3) is 0 Å². The minimum atomic E-state index is 0.0926. The molecule has 5 heteroatoms. The van der Waals surface area contributed by atoms with Crippen molar-refractivity contribution in [3.63, 3.8) is 0 Å². The summed E-state index contributed by atoms with van der Waals surface area (Å²) in [6.45, 7) is 5.93. The van der Waals surface area contributed by atoms with Crippen molar-refractivity contribution in [2.24, 2.45) is 0 Å². The zero-order valence-electron chi connectivity index (χ0n) is 16.1. The summed E-state index contributed by atoms with van der Waals surface area (Å²) in [5.41, 5.74) is 3.31. The number of hydrogen-bond donors (Lipinski definition) is 1. The van der Waals surface area contributed by atoms with Gasteiger partial charge in [-0.25, -0.2) is 4.98 Å². The average Bonchev–Trinajstić information content (AvgIpc) is 3.03. The van der Waals surface area contributed by atoms with E-state index in [1.54, 1.807) is 0 Å². The summed E-state index contributed by atoms with van der Waals surface area (Å²) >= 11 is 0. The molecule has 0 fully saturated rings. The number of carbonyl (C=O) groups excluding carboxylic acids is 1. The second-order valence-electron chi connectivity index (χ2n) is 6.64. The molecular formula is C22H27N3O2. The number of benzene rings is 2. The largest absolute Gasteiger partial charge is 0.492 e. The molecule has 0 aliphatic rings. The molecule has 0 bridgehead atoms. The number of imidazole rings is 1. The van der Waals surface area contributed by atoms with Crippen LogP contribution < -0.4 is 10.1 Å². The summed E-state index contributed by atoms with van der Waals surface area (Å²) in [7, 11) is 0. The van der Waals surface area contributed by atoms with E-state index < -0.39 is 0 Å². The van der Waals surface area contributed by atoms with Crippen molar-refractivity contribution in [2.75, 3.05) is 13.2 Å². The van der Waals surface area contributed by atoms with Crippen LogP contribution in [0.2, 0.25) is 0 Å². The molecule has 142 valence electrons. The van der Waals surface area contributed by atoms with Crippen LogP contribution in [0.25, 0.3) is 11.0 Å². The predicted octanol–water partition coefficient (Wildman–Crippen LogP) is 3.88. The summed E-state index contributed by atoms with van der Waals surface area (Å²) in [6.07, 6.45) is 2.21. The van der Waals surface area contributed by atoms with Crippen LogP contribution in [-0.2, 0) is 17.8 Å². The molecule has 5 nitrogen and oxygen atoms in total. The van der Waals surface area contributed by atoms with Crippen molar-refractivity contribution in [1.29, 1.82) is 0 Å². The van der Waals surface area contributed by atoms with Crippen LogP contribution in [0.5, 0.6) is 5.75 Å². The third kappa shape index (κ3) is 5.09. The number of hydrogen-bond acceptors (Lipinski definition) is 3. The van der Waals surface area contributed by atoms with Gasteiger partial charge in [-0.05, 0) is 43.2 Å². The third-order valence-electron chi connectivity index (χ3n) is 4.53. The number of nitrogens with zero attached hydrogens (tertiary/aromatic N) is 2. The highest BCUT2D eigenvalue weighted by Gasteiger charge is 2.10. The Labute approximate surface area is 160 Å². The molecule has 0 radical (unpaired) electrons. The van der Waals surface area contributed by atoms with Gasteiger partial charge in [0.1, 0.15) is 18.2 Å². The number of nitrogens with one attached hydrogen (secondary N) is 1. The van der Waals surface area contributed by atoms with Gasteiger partial charge in [-0.1, -0.05) is 31.2 Å². The van der Waals surface area contributed by atoms with Gasteiger partial charge in [-0.15, -0.1) is 0 Å². The second-order valence-corrected chi connectivity index (χ2v) is 6.64. The van der Waals surface area contributed by atoms with Gasteiger partial charge in [0.15, 0.2) is 0 Å². The van der Waals surface area contributed by atoms with Crippen molar-refractivity contribution >= 4 is 16.9 Å². The molecule has 0 aliphatic carbocycles. The number of amides is 1. The van der Waals surface area contributed by atoms with E-state index >= 15 is 0 Å². The molecule has 0 saturated carbocycles. The van der Waals surface area contributed by atoms with Crippen molar-refractivity contribution < 1.29 is 9.53 Å². The van der Waals surface area contributed by atoms with Crippen LogP contribution in [0.3, 0.4) is 0 Å². The monoisotopic (exact) mass is 365 g/mol. The quantitative estimate of drug-likeness (QED) is 0.586. The molecule has 1 N–H and O–H groups in total. The minimum Gasteiger partial charge on any atom is -0.492 e. The van der Waals surface area contributed by atoms with Crippen LogP contribution in [0.1, 0.15) is 31.2 Å². The Bertz CT molecular complexity index is 901. The molecular weight excluding hydrogens is 338 g/mol. The first-order valence-electron chi connectivity index (χ1n) is 9.57. The number of carbonyl (C=O) groups is 1. The predicted molar refractivity (Wildman–Crippen MR) is 108 cm³/mol. The number of ether oxygens (including phenoxy) is 1. The summed E-state index contributed by atoms with van der Waals surface area (Å²) in [4.78, 5) is 16.2. The molecule has 0 spiro atoms. The van der Waals surface area contributed by atoms with E-state index in [2.05, 4.69) is 28.9 Å². The Morgan fingerprint density at radius 3 is 2.85 bits per heavy atom. The number of aromatic nitrogens is 2. The van der Waals surface area contributed by atoms with Crippen molar-refractivity contribution in [3.8, 4) is 5.75 Å². The van der Waals surface area contributed by atoms with Crippen LogP contribution in [0.4, 0.5) is 0 Å². The first kappa shape index (κ1) is 19.0. The van der Waals surface area contributed by atoms with Gasteiger partial charge in [0, 0.05) is 19.4 Å². The number of para-hydroxylation sites is 2. The lowest BCUT2D eigenvalue weighted by Crippen LogP contribution is -2.23. The Hall–Kier alpha value is -2.82. The summed E-state index contributed by atoms with van der Waals surface area (Å²) < 4.78 is 8.16. The summed E-state index contributed by atoms with van der Waals surface area (Å²) in [5.74, 6) is 2.02. The second kappa shape index (κ2) is 9.21. The molecule has 2 aromatic carbocycles. The van der Waals surface area contributed by atoms with E-state index in [0.717, 1.165) is 42.0 Å². The maximum Gasteiger partial charge on any atom is 0.219 e. The van der Waals surface area contributed by atoms with E-state index in [9.17, 15) is 4.79 Å². The Kier molecular flexibility index (Phi) is 6.47. The third-order valence-corrected chi connectivity index (χ3v) is 4.53. The number of rotatable bonds is 9. The molecule has 0 unspecified atom stereocenters. The van der Waals surface area contributed by atoms with Gasteiger partial charge in [-0.3, -0.25) is 4.79 Å². The van der Waals surface area contributed by atoms with Gasteiger partial charge in [-0.2, -0.15) is 0 Å². The standard InChI is InChI=1S/C22H27N3O2/c1-3-22(26)23-13-7-12-21-24-19-10-4-5-11-20(19)25(21)14-15-27-18-9-6-8-17(2)16-18/h4-6,8-11,16H,3,7,12-15H2,1-2H3,(H,23,26). The van der Waals surface area contributed by atoms with E-state index in [0.29, 0.717) is 19.6 Å². The highest BCUT2D eigenvalue weighted by Crippen LogP contribution is 2.18. The first-order chi connectivity index (χ1) is 13.2. The van der Waals surface area contributed by atoms with Crippen molar-refractivity contribution in [1.82, 2.24) is 14.9 Å². The van der Waals surface area contributed by atoms with Gasteiger partial charge in [0.05, 0.1) is 17.6 Å². The van der Waals surface area contributed by atoms with Crippen LogP contribution >= 0.6 is 0 Å². The Morgan fingerprint density at radius 1 is 1.19 bits per heavy atom.